The van der Waals surface area contributed by atoms with Crippen LogP contribution < -0.4 is 5.32 Å². The summed E-state index contributed by atoms with van der Waals surface area (Å²) in [6.45, 7) is 0. The molecule has 0 aliphatic heterocycles. The standard InChI is InChI=1S/C9H9N3O4/c1-16-12-8(9(14)15)6-2-3-10-7(4-6)11-5-13/h2-5H,1H3,(H,14,15)(H,10,11,13). The van der Waals surface area contributed by atoms with E-state index in [-0.39, 0.29) is 17.1 Å². The summed E-state index contributed by atoms with van der Waals surface area (Å²) in [5, 5.41) is 14.5. The lowest BCUT2D eigenvalue weighted by molar-refractivity contribution is -0.129. The topological polar surface area (TPSA) is 101 Å². The van der Waals surface area contributed by atoms with Gasteiger partial charge in [0.25, 0.3) is 0 Å². The molecule has 1 aromatic rings. The summed E-state index contributed by atoms with van der Waals surface area (Å²) in [6.07, 6.45) is 1.80. The second kappa shape index (κ2) is 5.44. The highest BCUT2D eigenvalue weighted by Crippen LogP contribution is 2.08. The highest BCUT2D eigenvalue weighted by molar-refractivity contribution is 6.42. The molecular formula is C9H9N3O4. The molecule has 1 heterocycles. The van der Waals surface area contributed by atoms with Crippen LogP contribution in [0.15, 0.2) is 23.5 Å². The van der Waals surface area contributed by atoms with Crippen LogP contribution >= 0.6 is 0 Å². The van der Waals surface area contributed by atoms with E-state index in [0.717, 1.165) is 0 Å². The molecule has 0 saturated carbocycles. The van der Waals surface area contributed by atoms with E-state index in [1.165, 1.54) is 25.4 Å². The van der Waals surface area contributed by atoms with Crippen molar-refractivity contribution in [3.63, 3.8) is 0 Å². The number of amides is 1. The van der Waals surface area contributed by atoms with Crippen molar-refractivity contribution in [2.75, 3.05) is 12.4 Å². The minimum Gasteiger partial charge on any atom is -0.476 e. The van der Waals surface area contributed by atoms with Crippen molar-refractivity contribution < 1.29 is 19.5 Å². The van der Waals surface area contributed by atoms with Gasteiger partial charge in [-0.05, 0) is 12.1 Å². The Labute approximate surface area is 90.7 Å². The third kappa shape index (κ3) is 2.77. The summed E-state index contributed by atoms with van der Waals surface area (Å²) >= 11 is 0. The normalized spacial score (nSPS) is 10.7. The fourth-order valence-corrected chi connectivity index (χ4v) is 1.02. The molecule has 16 heavy (non-hydrogen) atoms. The molecule has 1 aromatic heterocycles. The number of rotatable bonds is 5. The molecule has 1 rings (SSSR count). The number of aliphatic carboxylic acids is 1. The van der Waals surface area contributed by atoms with E-state index in [4.69, 9.17) is 5.11 Å². The second-order valence-electron chi connectivity index (χ2n) is 2.62. The predicted molar refractivity (Wildman–Crippen MR) is 55.1 cm³/mol. The zero-order valence-electron chi connectivity index (χ0n) is 8.38. The predicted octanol–water partition coefficient (Wildman–Crippen LogP) is 0.0850. The molecule has 2 N–H and O–H groups in total. The van der Waals surface area contributed by atoms with Gasteiger partial charge in [-0.3, -0.25) is 4.79 Å². The highest BCUT2D eigenvalue weighted by atomic mass is 16.6. The number of hydrogen-bond acceptors (Lipinski definition) is 5. The smallest absolute Gasteiger partial charge is 0.358 e. The first kappa shape index (κ1) is 11.6. The lowest BCUT2D eigenvalue weighted by atomic mass is 10.1. The maximum atomic E-state index is 10.8. The van der Waals surface area contributed by atoms with Crippen LogP contribution in [0.2, 0.25) is 0 Å². The molecule has 0 saturated heterocycles. The molecular weight excluding hydrogens is 214 g/mol. The van der Waals surface area contributed by atoms with Crippen molar-refractivity contribution in [2.24, 2.45) is 5.16 Å². The Bertz CT molecular complexity index is 431. The van der Waals surface area contributed by atoms with Gasteiger partial charge in [0.15, 0.2) is 5.71 Å². The summed E-state index contributed by atoms with van der Waals surface area (Å²) in [7, 11) is 1.24. The molecule has 0 spiro atoms. The number of carbonyl (C=O) groups excluding carboxylic acids is 1. The van der Waals surface area contributed by atoms with Crippen LogP contribution in [0.25, 0.3) is 0 Å². The molecule has 0 aromatic carbocycles. The van der Waals surface area contributed by atoms with Crippen molar-refractivity contribution in [2.45, 2.75) is 0 Å². The minimum absolute atomic E-state index is 0.234. The van der Waals surface area contributed by atoms with Gasteiger partial charge >= 0.3 is 5.97 Å². The SMILES string of the molecule is CON=C(C(=O)O)c1ccnc(NC=O)c1. The summed E-state index contributed by atoms with van der Waals surface area (Å²) in [5.41, 5.74) is 0.0209. The zero-order chi connectivity index (χ0) is 12.0. The molecule has 0 atom stereocenters. The van der Waals surface area contributed by atoms with Crippen molar-refractivity contribution in [3.05, 3.63) is 23.9 Å². The molecule has 0 aliphatic rings. The van der Waals surface area contributed by atoms with Gasteiger partial charge < -0.3 is 15.3 Å². The lowest BCUT2D eigenvalue weighted by Crippen LogP contribution is -2.15. The largest absolute Gasteiger partial charge is 0.476 e. The van der Waals surface area contributed by atoms with Gasteiger partial charge in [-0.25, -0.2) is 9.78 Å². The molecule has 1 amide bonds. The number of nitrogens with zero attached hydrogens (tertiary/aromatic N) is 2. The number of carboxylic acids is 1. The van der Waals surface area contributed by atoms with E-state index in [2.05, 4.69) is 20.3 Å². The van der Waals surface area contributed by atoms with Crippen LogP contribution in [0.1, 0.15) is 5.56 Å². The lowest BCUT2D eigenvalue weighted by Gasteiger charge is -2.02. The van der Waals surface area contributed by atoms with E-state index in [1.807, 2.05) is 0 Å². The van der Waals surface area contributed by atoms with E-state index in [0.29, 0.717) is 6.41 Å². The van der Waals surface area contributed by atoms with Gasteiger partial charge in [0.1, 0.15) is 12.9 Å². The van der Waals surface area contributed by atoms with Crippen LogP contribution in [-0.2, 0) is 14.4 Å². The maximum Gasteiger partial charge on any atom is 0.358 e. The summed E-state index contributed by atoms with van der Waals surface area (Å²) in [5.74, 6) is -0.998. The fraction of sp³-hybridized carbons (Fsp3) is 0.111. The van der Waals surface area contributed by atoms with Gasteiger partial charge in [0, 0.05) is 11.8 Å². The molecule has 0 unspecified atom stereocenters. The first-order valence-corrected chi connectivity index (χ1v) is 4.20. The fourth-order valence-electron chi connectivity index (χ4n) is 1.02. The molecule has 7 heteroatoms. The van der Waals surface area contributed by atoms with Crippen LogP contribution in [0.5, 0.6) is 0 Å². The van der Waals surface area contributed by atoms with Gasteiger partial charge in [-0.1, -0.05) is 5.16 Å². The number of nitrogens with one attached hydrogen (secondary N) is 1. The number of pyridine rings is 1. The Kier molecular flexibility index (Phi) is 3.96. The van der Waals surface area contributed by atoms with Crippen molar-refractivity contribution in [1.82, 2.24) is 4.98 Å². The Morgan fingerprint density at radius 3 is 3.00 bits per heavy atom. The number of hydrogen-bond donors (Lipinski definition) is 2. The Balaban J connectivity index is 3.10. The average molecular weight is 223 g/mol. The van der Waals surface area contributed by atoms with E-state index in [9.17, 15) is 9.59 Å². The Hall–Kier alpha value is -2.44. The van der Waals surface area contributed by atoms with Crippen LogP contribution in [-0.4, -0.2) is 35.3 Å². The van der Waals surface area contributed by atoms with E-state index >= 15 is 0 Å². The molecule has 0 fully saturated rings. The van der Waals surface area contributed by atoms with Gasteiger partial charge in [0.2, 0.25) is 6.41 Å². The third-order valence-corrected chi connectivity index (χ3v) is 1.63. The molecule has 0 aliphatic carbocycles. The number of anilines is 1. The highest BCUT2D eigenvalue weighted by Gasteiger charge is 2.14. The first-order chi connectivity index (χ1) is 7.69. The van der Waals surface area contributed by atoms with E-state index < -0.39 is 5.97 Å². The average Bonchev–Trinajstić information content (AvgIpc) is 2.26. The van der Waals surface area contributed by atoms with Crippen LogP contribution in [0.4, 0.5) is 5.82 Å². The van der Waals surface area contributed by atoms with Crippen LogP contribution in [0.3, 0.4) is 0 Å². The number of aromatic nitrogens is 1. The van der Waals surface area contributed by atoms with Crippen molar-refractivity contribution in [1.29, 1.82) is 0 Å². The Morgan fingerprint density at radius 2 is 2.44 bits per heavy atom. The number of oxime groups is 1. The molecule has 0 bridgehead atoms. The van der Waals surface area contributed by atoms with Gasteiger partial charge in [0.05, 0.1) is 0 Å². The third-order valence-electron chi connectivity index (χ3n) is 1.63. The van der Waals surface area contributed by atoms with Crippen molar-refractivity contribution in [3.8, 4) is 0 Å². The molecule has 0 radical (unpaired) electrons. The van der Waals surface area contributed by atoms with Gasteiger partial charge in [-0.2, -0.15) is 0 Å². The second-order valence-corrected chi connectivity index (χ2v) is 2.62. The molecule has 7 nitrogen and oxygen atoms in total. The zero-order valence-corrected chi connectivity index (χ0v) is 8.38. The van der Waals surface area contributed by atoms with Crippen LogP contribution in [0, 0.1) is 0 Å². The quantitative estimate of drug-likeness (QED) is 0.418. The summed E-state index contributed by atoms with van der Waals surface area (Å²) in [6, 6.07) is 2.82. The van der Waals surface area contributed by atoms with Crippen molar-refractivity contribution >= 4 is 23.9 Å². The summed E-state index contributed by atoms with van der Waals surface area (Å²) < 4.78 is 0. The molecule has 84 valence electrons. The minimum atomic E-state index is -1.23. The Morgan fingerprint density at radius 1 is 1.69 bits per heavy atom. The first-order valence-electron chi connectivity index (χ1n) is 4.20. The monoisotopic (exact) mass is 223 g/mol. The number of carboxylic acid groups (broad SMARTS) is 1. The van der Waals surface area contributed by atoms with E-state index in [1.54, 1.807) is 0 Å². The summed E-state index contributed by atoms with van der Waals surface area (Å²) in [4.78, 5) is 29.2. The number of carbonyl (C=O) groups is 2. The maximum absolute atomic E-state index is 10.8. The van der Waals surface area contributed by atoms with Gasteiger partial charge in [-0.15, -0.1) is 0 Å².